The van der Waals surface area contributed by atoms with Crippen LogP contribution in [0.15, 0.2) is 61.2 Å². The number of hydrogen-bond donors (Lipinski definition) is 0. The zero-order valence-corrected chi connectivity index (χ0v) is 26.7. The molecule has 0 saturated heterocycles. The standard InChI is InChI=1S/C35H48N4.C2H6/c1-6-29-16-17-32(20-26(29)4)31-14-12-28(13-15-31)23-38(27(5)30-10-8-7-9-11-30)35-21-33(18-19-36-35)34-22-37-39(24-34)25(2)3;1-2/h16-22,24-25,28,30-31H,5-15,23H2,1-4H3;1-2H3. The van der Waals surface area contributed by atoms with Crippen molar-refractivity contribution in [2.24, 2.45) is 11.8 Å². The van der Waals surface area contributed by atoms with E-state index in [4.69, 9.17) is 11.6 Å². The van der Waals surface area contributed by atoms with E-state index in [1.807, 2.05) is 30.9 Å². The maximum absolute atomic E-state index is 4.91. The van der Waals surface area contributed by atoms with Gasteiger partial charge >= 0.3 is 0 Å². The highest BCUT2D eigenvalue weighted by atomic mass is 15.3. The average Bonchev–Trinajstić information content (AvgIpc) is 3.53. The van der Waals surface area contributed by atoms with Crippen molar-refractivity contribution < 1.29 is 0 Å². The van der Waals surface area contributed by atoms with Gasteiger partial charge in [0.25, 0.3) is 0 Å². The van der Waals surface area contributed by atoms with E-state index in [9.17, 15) is 0 Å². The van der Waals surface area contributed by atoms with Crippen molar-refractivity contribution in [3.8, 4) is 11.1 Å². The van der Waals surface area contributed by atoms with E-state index < -0.39 is 0 Å². The third kappa shape index (κ3) is 7.70. The molecule has 0 bridgehead atoms. The summed E-state index contributed by atoms with van der Waals surface area (Å²) < 4.78 is 2.03. The number of allylic oxidation sites excluding steroid dienone is 1. The van der Waals surface area contributed by atoms with Gasteiger partial charge in [0.05, 0.1) is 6.20 Å². The van der Waals surface area contributed by atoms with Gasteiger partial charge in [0.2, 0.25) is 0 Å². The summed E-state index contributed by atoms with van der Waals surface area (Å²) in [5.41, 5.74) is 8.10. The van der Waals surface area contributed by atoms with E-state index in [2.05, 4.69) is 74.2 Å². The van der Waals surface area contributed by atoms with Gasteiger partial charge in [-0.1, -0.05) is 64.8 Å². The number of benzene rings is 1. The normalized spacial score (nSPS) is 19.5. The molecule has 2 aromatic heterocycles. The molecule has 222 valence electrons. The number of aromatic nitrogens is 3. The van der Waals surface area contributed by atoms with Crippen LogP contribution in [0.3, 0.4) is 0 Å². The minimum atomic E-state index is 0.353. The summed E-state index contributed by atoms with van der Waals surface area (Å²) >= 11 is 0. The van der Waals surface area contributed by atoms with E-state index in [0.29, 0.717) is 23.8 Å². The average molecular weight is 555 g/mol. The molecule has 4 nitrogen and oxygen atoms in total. The first-order valence-corrected chi connectivity index (χ1v) is 16.5. The van der Waals surface area contributed by atoms with Crippen LogP contribution in [-0.4, -0.2) is 21.3 Å². The second-order valence-corrected chi connectivity index (χ2v) is 12.4. The summed E-state index contributed by atoms with van der Waals surface area (Å²) in [5.74, 6) is 2.99. The predicted octanol–water partition coefficient (Wildman–Crippen LogP) is 10.3. The number of anilines is 1. The van der Waals surface area contributed by atoms with Crippen LogP contribution in [0.2, 0.25) is 0 Å². The van der Waals surface area contributed by atoms with Crippen molar-refractivity contribution in [1.29, 1.82) is 0 Å². The molecule has 4 heteroatoms. The van der Waals surface area contributed by atoms with E-state index in [1.54, 1.807) is 5.56 Å². The van der Waals surface area contributed by atoms with Gasteiger partial charge in [-0.3, -0.25) is 4.68 Å². The minimum Gasteiger partial charge on any atom is -0.330 e. The Morgan fingerprint density at radius 3 is 2.34 bits per heavy atom. The summed E-state index contributed by atoms with van der Waals surface area (Å²) in [4.78, 5) is 7.41. The molecule has 2 saturated carbocycles. The predicted molar refractivity (Wildman–Crippen MR) is 176 cm³/mol. The summed E-state index contributed by atoms with van der Waals surface area (Å²) in [6.07, 6.45) is 18.8. The molecule has 3 aromatic rings. The molecule has 1 aromatic carbocycles. The summed E-state index contributed by atoms with van der Waals surface area (Å²) in [6, 6.07) is 11.9. The fraction of sp³-hybridized carbons (Fsp3) is 0.568. The fourth-order valence-corrected chi connectivity index (χ4v) is 6.84. The quantitative estimate of drug-likeness (QED) is 0.264. The Labute approximate surface area is 250 Å². The van der Waals surface area contributed by atoms with Gasteiger partial charge in [0.1, 0.15) is 5.82 Å². The Kier molecular flexibility index (Phi) is 11.2. The van der Waals surface area contributed by atoms with Gasteiger partial charge in [0.15, 0.2) is 0 Å². The first-order valence-electron chi connectivity index (χ1n) is 16.5. The largest absolute Gasteiger partial charge is 0.330 e. The van der Waals surface area contributed by atoms with Gasteiger partial charge in [0, 0.05) is 36.2 Å². The molecule has 2 heterocycles. The molecule has 2 fully saturated rings. The molecule has 5 rings (SSSR count). The number of aryl methyl sites for hydroxylation is 2. The molecule has 0 spiro atoms. The van der Waals surface area contributed by atoms with Gasteiger partial charge < -0.3 is 4.90 Å². The van der Waals surface area contributed by atoms with Crippen LogP contribution in [0.4, 0.5) is 5.82 Å². The summed E-state index contributed by atoms with van der Waals surface area (Å²) in [7, 11) is 0. The first-order chi connectivity index (χ1) is 19.9. The lowest BCUT2D eigenvalue weighted by Crippen LogP contribution is -2.34. The lowest BCUT2D eigenvalue weighted by molar-refractivity contribution is 0.323. The topological polar surface area (TPSA) is 34.0 Å². The molecule has 2 aliphatic rings. The summed E-state index contributed by atoms with van der Waals surface area (Å²) in [6.45, 7) is 18.6. The minimum absolute atomic E-state index is 0.353. The van der Waals surface area contributed by atoms with Crippen molar-refractivity contribution in [1.82, 2.24) is 14.8 Å². The molecule has 41 heavy (non-hydrogen) atoms. The van der Waals surface area contributed by atoms with Crippen LogP contribution in [0.25, 0.3) is 11.1 Å². The monoisotopic (exact) mass is 554 g/mol. The van der Waals surface area contributed by atoms with Crippen molar-refractivity contribution in [3.05, 3.63) is 77.9 Å². The second kappa shape index (κ2) is 14.8. The number of nitrogens with zero attached hydrogens (tertiary/aromatic N) is 4. The molecule has 0 atom stereocenters. The molecule has 0 N–H and O–H groups in total. The van der Waals surface area contributed by atoms with E-state index >= 15 is 0 Å². The molecular formula is C37H54N4. The first kappa shape index (κ1) is 31.1. The number of pyridine rings is 1. The highest BCUT2D eigenvalue weighted by molar-refractivity contribution is 5.66. The van der Waals surface area contributed by atoms with Crippen LogP contribution in [-0.2, 0) is 6.42 Å². The molecule has 0 amide bonds. The Balaban J connectivity index is 0.00000189. The highest BCUT2D eigenvalue weighted by Crippen LogP contribution is 2.39. The molecule has 0 aliphatic heterocycles. The van der Waals surface area contributed by atoms with E-state index in [1.165, 1.54) is 80.2 Å². The Morgan fingerprint density at radius 1 is 0.976 bits per heavy atom. The molecule has 0 radical (unpaired) electrons. The van der Waals surface area contributed by atoms with E-state index in [-0.39, 0.29) is 0 Å². The van der Waals surface area contributed by atoms with Crippen LogP contribution in [0, 0.1) is 18.8 Å². The molecular weight excluding hydrogens is 500 g/mol. The van der Waals surface area contributed by atoms with Gasteiger partial charge in [-0.2, -0.15) is 5.10 Å². The molecule has 2 aliphatic carbocycles. The third-order valence-electron chi connectivity index (χ3n) is 9.42. The fourth-order valence-electron chi connectivity index (χ4n) is 6.84. The van der Waals surface area contributed by atoms with Gasteiger partial charge in [-0.25, -0.2) is 4.98 Å². The van der Waals surface area contributed by atoms with Crippen LogP contribution in [0.1, 0.15) is 121 Å². The maximum Gasteiger partial charge on any atom is 0.133 e. The van der Waals surface area contributed by atoms with Crippen LogP contribution < -0.4 is 4.90 Å². The Bertz CT molecular complexity index is 1240. The zero-order valence-electron chi connectivity index (χ0n) is 26.7. The molecule has 0 unspecified atom stereocenters. The second-order valence-electron chi connectivity index (χ2n) is 12.4. The van der Waals surface area contributed by atoms with E-state index in [0.717, 1.165) is 24.3 Å². The zero-order chi connectivity index (χ0) is 29.4. The van der Waals surface area contributed by atoms with Gasteiger partial charge in [-0.15, -0.1) is 0 Å². The lowest BCUT2D eigenvalue weighted by Gasteiger charge is -2.37. The van der Waals surface area contributed by atoms with Crippen molar-refractivity contribution in [2.75, 3.05) is 11.4 Å². The Hall–Kier alpha value is -2.88. The highest BCUT2D eigenvalue weighted by Gasteiger charge is 2.28. The number of hydrogen-bond acceptors (Lipinski definition) is 3. The van der Waals surface area contributed by atoms with Crippen molar-refractivity contribution in [2.45, 2.75) is 118 Å². The summed E-state index contributed by atoms with van der Waals surface area (Å²) in [5, 5.41) is 4.58. The van der Waals surface area contributed by atoms with Crippen molar-refractivity contribution in [3.63, 3.8) is 0 Å². The maximum atomic E-state index is 4.91. The van der Waals surface area contributed by atoms with Crippen LogP contribution in [0.5, 0.6) is 0 Å². The van der Waals surface area contributed by atoms with Gasteiger partial charge in [-0.05, 0) is 118 Å². The smallest absolute Gasteiger partial charge is 0.133 e. The SMILES string of the molecule is C=C(C1CCCCC1)N(CC1CCC(c2ccc(CC)c(C)c2)CC1)c1cc(-c2cnn(C(C)C)c2)ccn1.CC. The van der Waals surface area contributed by atoms with Crippen LogP contribution >= 0.6 is 0 Å². The Morgan fingerprint density at radius 2 is 1.71 bits per heavy atom. The van der Waals surface area contributed by atoms with Crippen molar-refractivity contribution >= 4 is 5.82 Å². The lowest BCUT2D eigenvalue weighted by atomic mass is 9.77. The third-order valence-corrected chi connectivity index (χ3v) is 9.42. The number of rotatable bonds is 9.